The zero-order chi connectivity index (χ0) is 25.4. The lowest BCUT2D eigenvalue weighted by atomic mass is 9.64. The normalized spacial score (nSPS) is 32.1. The number of nitrogens with one attached hydrogen (secondary N) is 1. The summed E-state index contributed by atoms with van der Waals surface area (Å²) in [6.45, 7) is 0.0713. The Morgan fingerprint density at radius 2 is 1.81 bits per heavy atom. The smallest absolute Gasteiger partial charge is 0.417 e. The molecule has 3 saturated heterocycles. The molecule has 36 heavy (non-hydrogen) atoms. The van der Waals surface area contributed by atoms with E-state index in [4.69, 9.17) is 10.00 Å². The van der Waals surface area contributed by atoms with Gasteiger partial charge in [0.2, 0.25) is 11.8 Å². The average molecular weight is 495 g/mol. The van der Waals surface area contributed by atoms with E-state index in [-0.39, 0.29) is 24.1 Å². The highest BCUT2D eigenvalue weighted by atomic mass is 19.4. The molecule has 10 heteroatoms. The van der Waals surface area contributed by atoms with Gasteiger partial charge in [-0.05, 0) is 42.0 Å². The number of nitrogens with zero attached hydrogens (tertiary/aromatic N) is 2. The zero-order valence-corrected chi connectivity index (χ0v) is 18.7. The van der Waals surface area contributed by atoms with Crippen molar-refractivity contribution in [2.24, 2.45) is 29.6 Å². The molecule has 0 radical (unpaired) electrons. The molecule has 5 fully saturated rings. The van der Waals surface area contributed by atoms with Crippen LogP contribution in [0.2, 0.25) is 0 Å². The van der Waals surface area contributed by atoms with Gasteiger partial charge in [0.1, 0.15) is 12.6 Å². The van der Waals surface area contributed by atoms with Gasteiger partial charge in [0.05, 0.1) is 34.7 Å². The van der Waals surface area contributed by atoms with Gasteiger partial charge >= 0.3 is 12.1 Å². The molecule has 2 amide bonds. The van der Waals surface area contributed by atoms with E-state index in [2.05, 4.69) is 5.32 Å². The third kappa shape index (κ3) is 3.33. The first-order valence-corrected chi connectivity index (χ1v) is 11.7. The van der Waals surface area contributed by atoms with Crippen LogP contribution in [-0.2, 0) is 31.9 Å². The van der Waals surface area contributed by atoms with Crippen molar-refractivity contribution in [2.45, 2.75) is 31.3 Å². The second kappa shape index (κ2) is 7.90. The standard InChI is InChI=1S/C26H20F3N3O4/c27-26(28,29)17-8-14(7-6-13(17)10-30)32-23(33)19-18-15-9-16(15)21(20(19)24(32)34)31-22(18)25(35)36-11-12-4-2-1-3-5-12/h1-8,15-16,18-22,31H,9,11H2/t15-,16+,18+,19-,20-,21+,22?/m0/s1. The molecule has 7 atom stereocenters. The monoisotopic (exact) mass is 495 g/mol. The molecule has 7 rings (SSSR count). The van der Waals surface area contributed by atoms with Crippen LogP contribution < -0.4 is 10.2 Å². The molecular weight excluding hydrogens is 475 g/mol. The van der Waals surface area contributed by atoms with Crippen LogP contribution in [0.4, 0.5) is 18.9 Å². The maximum absolute atomic E-state index is 13.5. The van der Waals surface area contributed by atoms with Crippen molar-refractivity contribution >= 4 is 23.5 Å². The minimum Gasteiger partial charge on any atom is -0.460 e. The van der Waals surface area contributed by atoms with Gasteiger partial charge in [-0.25, -0.2) is 4.90 Å². The first-order valence-electron chi connectivity index (χ1n) is 11.7. The van der Waals surface area contributed by atoms with E-state index < -0.39 is 64.9 Å². The molecule has 7 nitrogen and oxygen atoms in total. The molecule has 2 aromatic carbocycles. The van der Waals surface area contributed by atoms with Crippen molar-refractivity contribution in [3.8, 4) is 6.07 Å². The number of amides is 2. The van der Waals surface area contributed by atoms with Crippen LogP contribution in [0.15, 0.2) is 48.5 Å². The van der Waals surface area contributed by atoms with E-state index in [1.54, 1.807) is 0 Å². The number of carbonyl (C=O) groups is 3. The fourth-order valence-corrected chi connectivity index (χ4v) is 6.42. The van der Waals surface area contributed by atoms with Gasteiger partial charge in [0.25, 0.3) is 0 Å². The summed E-state index contributed by atoms with van der Waals surface area (Å²) in [5.74, 6) is -3.52. The molecule has 2 aliphatic carbocycles. The largest absolute Gasteiger partial charge is 0.460 e. The number of benzene rings is 2. The molecule has 0 aromatic heterocycles. The Morgan fingerprint density at radius 3 is 2.50 bits per heavy atom. The van der Waals surface area contributed by atoms with Crippen LogP contribution in [0.3, 0.4) is 0 Å². The summed E-state index contributed by atoms with van der Waals surface area (Å²) in [6.07, 6.45) is -4.04. The van der Waals surface area contributed by atoms with Gasteiger partial charge in [0, 0.05) is 12.0 Å². The highest BCUT2D eigenvalue weighted by Gasteiger charge is 2.72. The predicted octanol–water partition coefficient (Wildman–Crippen LogP) is 3.03. The Balaban J connectivity index is 1.29. The number of piperidine rings is 2. The van der Waals surface area contributed by atoms with E-state index in [1.807, 2.05) is 30.3 Å². The van der Waals surface area contributed by atoms with E-state index in [1.165, 1.54) is 12.1 Å². The molecule has 1 N–H and O–H groups in total. The number of alkyl halides is 3. The van der Waals surface area contributed by atoms with Gasteiger partial charge in [-0.2, -0.15) is 18.4 Å². The van der Waals surface area contributed by atoms with E-state index >= 15 is 0 Å². The maximum atomic E-state index is 13.5. The minimum absolute atomic E-state index is 0.0713. The van der Waals surface area contributed by atoms with Crippen LogP contribution in [0.5, 0.6) is 0 Å². The van der Waals surface area contributed by atoms with Crippen LogP contribution in [0.25, 0.3) is 0 Å². The predicted molar refractivity (Wildman–Crippen MR) is 118 cm³/mol. The molecule has 2 bridgehead atoms. The van der Waals surface area contributed by atoms with Gasteiger partial charge in [-0.1, -0.05) is 30.3 Å². The number of rotatable bonds is 4. The summed E-state index contributed by atoms with van der Waals surface area (Å²) in [7, 11) is 0. The number of imide groups is 1. The second-order valence-corrected chi connectivity index (χ2v) is 9.81. The van der Waals surface area contributed by atoms with Crippen LogP contribution in [-0.4, -0.2) is 29.9 Å². The molecule has 5 aliphatic rings. The van der Waals surface area contributed by atoms with Gasteiger partial charge in [-0.15, -0.1) is 0 Å². The van der Waals surface area contributed by atoms with Gasteiger partial charge in [-0.3, -0.25) is 14.4 Å². The average Bonchev–Trinajstić information content (AvgIpc) is 3.64. The Labute approximate surface area is 203 Å². The van der Waals surface area contributed by atoms with Crippen LogP contribution >= 0.6 is 0 Å². The lowest BCUT2D eigenvalue weighted by Crippen LogP contribution is -2.65. The molecule has 1 unspecified atom stereocenters. The molecule has 3 heterocycles. The molecule has 2 saturated carbocycles. The molecule has 184 valence electrons. The topological polar surface area (TPSA) is 99.5 Å². The van der Waals surface area contributed by atoms with Crippen molar-refractivity contribution in [3.63, 3.8) is 0 Å². The van der Waals surface area contributed by atoms with E-state index in [0.29, 0.717) is 6.07 Å². The quantitative estimate of drug-likeness (QED) is 0.517. The van der Waals surface area contributed by atoms with E-state index in [0.717, 1.165) is 23.0 Å². The Kier molecular flexibility index (Phi) is 4.99. The zero-order valence-electron chi connectivity index (χ0n) is 18.7. The van der Waals surface area contributed by atoms with Crippen molar-refractivity contribution in [1.29, 1.82) is 5.26 Å². The van der Waals surface area contributed by atoms with Crippen molar-refractivity contribution in [2.75, 3.05) is 4.90 Å². The number of ether oxygens (including phenoxy) is 1. The van der Waals surface area contributed by atoms with Crippen LogP contribution in [0, 0.1) is 40.9 Å². The number of esters is 1. The number of fused-ring (bicyclic) bond motifs is 1. The fraction of sp³-hybridized carbons (Fsp3) is 0.385. The number of anilines is 1. The van der Waals surface area contributed by atoms with E-state index in [9.17, 15) is 27.6 Å². The third-order valence-electron chi connectivity index (χ3n) is 7.97. The number of halogens is 3. The SMILES string of the molecule is N#Cc1ccc(N2C(=O)[C@@H]3[C@@H]4NC(C(=O)OCc5ccccc5)[C@H]([C@H]5C[C@H]54)[C@@H]3C2=O)cc1C(F)(F)F. The Bertz CT molecular complexity index is 1320. The van der Waals surface area contributed by atoms with Gasteiger partial charge < -0.3 is 10.1 Å². The summed E-state index contributed by atoms with van der Waals surface area (Å²) in [5.41, 5.74) is -1.20. The summed E-state index contributed by atoms with van der Waals surface area (Å²) < 4.78 is 46.1. The lowest BCUT2D eigenvalue weighted by molar-refractivity contribution is -0.156. The Hall–Kier alpha value is -3.71. The summed E-state index contributed by atoms with van der Waals surface area (Å²) in [6, 6.07) is 12.3. The molecule has 2 aromatic rings. The molecular formula is C26H20F3N3O4. The van der Waals surface area contributed by atoms with Crippen LogP contribution in [0.1, 0.15) is 23.1 Å². The Morgan fingerprint density at radius 1 is 1.08 bits per heavy atom. The third-order valence-corrected chi connectivity index (χ3v) is 7.97. The van der Waals surface area contributed by atoms with Crippen molar-refractivity contribution in [1.82, 2.24) is 5.32 Å². The maximum Gasteiger partial charge on any atom is 0.417 e. The number of hydrogen-bond acceptors (Lipinski definition) is 6. The number of carbonyl (C=O) groups excluding carboxylic acids is 3. The first kappa shape index (κ1) is 22.7. The van der Waals surface area contributed by atoms with Gasteiger partial charge in [0.15, 0.2) is 0 Å². The summed E-state index contributed by atoms with van der Waals surface area (Å²) in [4.78, 5) is 40.8. The lowest BCUT2D eigenvalue weighted by Gasteiger charge is -2.47. The highest BCUT2D eigenvalue weighted by molar-refractivity contribution is 6.23. The second-order valence-electron chi connectivity index (χ2n) is 9.81. The summed E-state index contributed by atoms with van der Waals surface area (Å²) >= 11 is 0. The highest BCUT2D eigenvalue weighted by Crippen LogP contribution is 2.63. The molecule has 3 aliphatic heterocycles. The van der Waals surface area contributed by atoms with Crippen molar-refractivity contribution < 1.29 is 32.3 Å². The first-order chi connectivity index (χ1) is 17.2. The fourth-order valence-electron chi connectivity index (χ4n) is 6.42. The van der Waals surface area contributed by atoms with Crippen molar-refractivity contribution in [3.05, 3.63) is 65.2 Å². The number of hydrogen-bond donors (Lipinski definition) is 1. The number of nitriles is 1. The summed E-state index contributed by atoms with van der Waals surface area (Å²) in [5, 5.41) is 12.3. The molecule has 0 spiro atoms. The minimum atomic E-state index is -4.82.